The van der Waals surface area contributed by atoms with Crippen molar-refractivity contribution in [3.63, 3.8) is 0 Å². The van der Waals surface area contributed by atoms with Crippen LogP contribution in [0.1, 0.15) is 38.3 Å². The number of carbonyl (C=O) groups is 1. The van der Waals surface area contributed by atoms with Crippen LogP contribution in [0.5, 0.6) is 0 Å². The molecule has 3 rings (SSSR count). The molecule has 2 aromatic rings. The van der Waals surface area contributed by atoms with Gasteiger partial charge in [0.25, 0.3) is 0 Å². The quantitative estimate of drug-likeness (QED) is 0.638. The Morgan fingerprint density at radius 3 is 2.50 bits per heavy atom. The van der Waals surface area contributed by atoms with Gasteiger partial charge in [-0.1, -0.05) is 13.0 Å². The lowest BCUT2D eigenvalue weighted by atomic mass is 9.97. The standard InChI is InChI=1S/C22H30N4O3S/c1-2-5-22(27)25-19-7-9-21(10-8-19)30(28,29)24-16-18-11-14-26(15-12-18)17-20-6-3-4-13-23-20/h3-4,6-10,13,18,24H,2,5,11-12,14-17H2,1H3,(H,25,27). The van der Waals surface area contributed by atoms with Crippen molar-refractivity contribution in [2.45, 2.75) is 44.0 Å². The summed E-state index contributed by atoms with van der Waals surface area (Å²) >= 11 is 0. The van der Waals surface area contributed by atoms with Crippen LogP contribution in [0.3, 0.4) is 0 Å². The molecular formula is C22H30N4O3S. The van der Waals surface area contributed by atoms with Gasteiger partial charge in [-0.25, -0.2) is 13.1 Å². The maximum atomic E-state index is 12.6. The second-order valence-corrected chi connectivity index (χ2v) is 9.48. The molecule has 1 saturated heterocycles. The number of pyridine rings is 1. The molecule has 30 heavy (non-hydrogen) atoms. The van der Waals surface area contributed by atoms with Crippen molar-refractivity contribution in [1.82, 2.24) is 14.6 Å². The van der Waals surface area contributed by atoms with E-state index in [-0.39, 0.29) is 10.8 Å². The number of nitrogens with zero attached hydrogens (tertiary/aromatic N) is 2. The van der Waals surface area contributed by atoms with Crippen LogP contribution in [-0.4, -0.2) is 43.8 Å². The van der Waals surface area contributed by atoms with Gasteiger partial charge in [-0.3, -0.25) is 14.7 Å². The van der Waals surface area contributed by atoms with Crippen LogP contribution in [0, 0.1) is 5.92 Å². The monoisotopic (exact) mass is 430 g/mol. The van der Waals surface area contributed by atoms with E-state index in [4.69, 9.17) is 0 Å². The van der Waals surface area contributed by atoms with Gasteiger partial charge in [0, 0.05) is 31.4 Å². The number of hydrogen-bond acceptors (Lipinski definition) is 5. The Balaban J connectivity index is 1.45. The summed E-state index contributed by atoms with van der Waals surface area (Å²) in [5, 5.41) is 2.76. The van der Waals surface area contributed by atoms with Crippen LogP contribution in [0.2, 0.25) is 0 Å². The Morgan fingerprint density at radius 1 is 1.13 bits per heavy atom. The summed E-state index contributed by atoms with van der Waals surface area (Å²) in [6.45, 7) is 5.09. The van der Waals surface area contributed by atoms with Crippen molar-refractivity contribution in [2.75, 3.05) is 25.0 Å². The van der Waals surface area contributed by atoms with Gasteiger partial charge in [-0.2, -0.15) is 0 Å². The van der Waals surface area contributed by atoms with E-state index in [1.165, 1.54) is 12.1 Å². The smallest absolute Gasteiger partial charge is 0.240 e. The minimum absolute atomic E-state index is 0.0689. The Labute approximate surface area is 178 Å². The maximum Gasteiger partial charge on any atom is 0.240 e. The number of likely N-dealkylation sites (tertiary alicyclic amines) is 1. The molecule has 0 bridgehead atoms. The Kier molecular flexibility index (Phi) is 7.95. The number of rotatable bonds is 9. The molecule has 1 aromatic carbocycles. The molecule has 0 spiro atoms. The fourth-order valence-electron chi connectivity index (χ4n) is 3.55. The predicted molar refractivity (Wildman–Crippen MR) is 117 cm³/mol. The highest BCUT2D eigenvalue weighted by molar-refractivity contribution is 7.89. The first-order valence-electron chi connectivity index (χ1n) is 10.5. The number of amides is 1. The highest BCUT2D eigenvalue weighted by Gasteiger charge is 2.22. The Bertz CT molecular complexity index is 909. The van der Waals surface area contributed by atoms with Crippen molar-refractivity contribution >= 4 is 21.6 Å². The zero-order valence-corrected chi connectivity index (χ0v) is 18.2. The number of benzene rings is 1. The van der Waals surface area contributed by atoms with E-state index in [0.717, 1.165) is 44.6 Å². The molecule has 1 aliphatic rings. The first-order valence-corrected chi connectivity index (χ1v) is 12.0. The van der Waals surface area contributed by atoms with Crippen LogP contribution in [0.4, 0.5) is 5.69 Å². The summed E-state index contributed by atoms with van der Waals surface area (Å²) in [4.78, 5) is 18.6. The number of anilines is 1. The van der Waals surface area contributed by atoms with Crippen LogP contribution in [0.15, 0.2) is 53.6 Å². The minimum Gasteiger partial charge on any atom is -0.326 e. The second kappa shape index (κ2) is 10.7. The third kappa shape index (κ3) is 6.62. The Morgan fingerprint density at radius 2 is 1.87 bits per heavy atom. The van der Waals surface area contributed by atoms with Crippen LogP contribution < -0.4 is 10.0 Å². The average Bonchev–Trinajstić information content (AvgIpc) is 2.75. The van der Waals surface area contributed by atoms with Gasteiger partial charge in [0.05, 0.1) is 10.6 Å². The highest BCUT2D eigenvalue weighted by Crippen LogP contribution is 2.19. The van der Waals surface area contributed by atoms with E-state index >= 15 is 0 Å². The van der Waals surface area contributed by atoms with E-state index in [9.17, 15) is 13.2 Å². The summed E-state index contributed by atoms with van der Waals surface area (Å²) < 4.78 is 27.9. The molecule has 2 heterocycles. The molecule has 1 aromatic heterocycles. The lowest BCUT2D eigenvalue weighted by Crippen LogP contribution is -2.38. The first-order chi connectivity index (χ1) is 14.5. The Hall–Kier alpha value is -2.29. The van der Waals surface area contributed by atoms with E-state index in [1.54, 1.807) is 12.1 Å². The summed E-state index contributed by atoms with van der Waals surface area (Å²) in [6.07, 6.45) is 4.94. The van der Waals surface area contributed by atoms with Gasteiger partial charge in [0.1, 0.15) is 0 Å². The molecular weight excluding hydrogens is 400 g/mol. The lowest BCUT2D eigenvalue weighted by molar-refractivity contribution is -0.116. The van der Waals surface area contributed by atoms with Gasteiger partial charge in [-0.15, -0.1) is 0 Å². The van der Waals surface area contributed by atoms with Crippen LogP contribution >= 0.6 is 0 Å². The molecule has 2 N–H and O–H groups in total. The molecule has 8 heteroatoms. The number of nitrogens with one attached hydrogen (secondary N) is 2. The van der Waals surface area contributed by atoms with Gasteiger partial charge in [0.2, 0.25) is 15.9 Å². The van der Waals surface area contributed by atoms with Crippen molar-refractivity contribution in [3.8, 4) is 0 Å². The largest absolute Gasteiger partial charge is 0.326 e. The summed E-state index contributed by atoms with van der Waals surface area (Å²) in [6, 6.07) is 12.2. The topological polar surface area (TPSA) is 91.4 Å². The normalized spacial score (nSPS) is 15.8. The average molecular weight is 431 g/mol. The molecule has 7 nitrogen and oxygen atoms in total. The molecule has 0 aliphatic carbocycles. The molecule has 1 fully saturated rings. The number of piperidine rings is 1. The van der Waals surface area contributed by atoms with Gasteiger partial charge in [0.15, 0.2) is 0 Å². The van der Waals surface area contributed by atoms with Gasteiger partial charge >= 0.3 is 0 Å². The SMILES string of the molecule is CCCC(=O)Nc1ccc(S(=O)(=O)NCC2CCN(Cc3ccccn3)CC2)cc1. The van der Waals surface area contributed by atoms with E-state index in [0.29, 0.717) is 24.6 Å². The summed E-state index contributed by atoms with van der Waals surface area (Å²) in [7, 11) is -3.56. The molecule has 1 aliphatic heterocycles. The molecule has 1 amide bonds. The van der Waals surface area contributed by atoms with Crippen molar-refractivity contribution in [1.29, 1.82) is 0 Å². The predicted octanol–water partition coefficient (Wildman–Crippen LogP) is 3.01. The van der Waals surface area contributed by atoms with E-state index < -0.39 is 10.0 Å². The maximum absolute atomic E-state index is 12.6. The van der Waals surface area contributed by atoms with Crippen molar-refractivity contribution < 1.29 is 13.2 Å². The second-order valence-electron chi connectivity index (χ2n) is 7.72. The van der Waals surface area contributed by atoms with Gasteiger partial charge < -0.3 is 5.32 Å². The third-order valence-corrected chi connectivity index (χ3v) is 6.75. The lowest BCUT2D eigenvalue weighted by Gasteiger charge is -2.31. The van der Waals surface area contributed by atoms with Crippen molar-refractivity contribution in [2.24, 2.45) is 5.92 Å². The van der Waals surface area contributed by atoms with Crippen LogP contribution in [0.25, 0.3) is 0 Å². The third-order valence-electron chi connectivity index (χ3n) is 5.31. The fourth-order valence-corrected chi connectivity index (χ4v) is 4.66. The van der Waals surface area contributed by atoms with E-state index in [2.05, 4.69) is 19.9 Å². The number of aromatic nitrogens is 1. The summed E-state index contributed by atoms with van der Waals surface area (Å²) in [5.41, 5.74) is 1.67. The number of hydrogen-bond donors (Lipinski definition) is 2. The molecule has 0 saturated carbocycles. The van der Waals surface area contributed by atoms with Crippen molar-refractivity contribution in [3.05, 3.63) is 54.4 Å². The molecule has 0 radical (unpaired) electrons. The first kappa shape index (κ1) is 22.4. The van der Waals surface area contributed by atoms with Crippen LogP contribution in [-0.2, 0) is 21.4 Å². The summed E-state index contributed by atoms with van der Waals surface area (Å²) in [5.74, 6) is 0.257. The molecule has 162 valence electrons. The fraction of sp³-hybridized carbons (Fsp3) is 0.455. The number of carbonyl (C=O) groups excluding carboxylic acids is 1. The molecule has 0 atom stereocenters. The van der Waals surface area contributed by atoms with E-state index in [1.807, 2.05) is 31.3 Å². The number of sulfonamides is 1. The minimum atomic E-state index is -3.56. The highest BCUT2D eigenvalue weighted by atomic mass is 32.2. The van der Waals surface area contributed by atoms with Gasteiger partial charge in [-0.05, 0) is 74.7 Å². The zero-order valence-electron chi connectivity index (χ0n) is 17.4. The zero-order chi connectivity index (χ0) is 21.4. The molecule has 0 unspecified atom stereocenters.